The fourth-order valence-corrected chi connectivity index (χ4v) is 1.58. The van der Waals surface area contributed by atoms with Crippen molar-refractivity contribution in [1.82, 2.24) is 0 Å². The quantitative estimate of drug-likeness (QED) is 0.747. The lowest BCUT2D eigenvalue weighted by molar-refractivity contribution is -0.136. The van der Waals surface area contributed by atoms with Gasteiger partial charge in [0, 0.05) is 6.42 Å². The van der Waals surface area contributed by atoms with Gasteiger partial charge in [0.15, 0.2) is 0 Å². The van der Waals surface area contributed by atoms with E-state index in [1.165, 1.54) is 6.07 Å². The maximum atomic E-state index is 11.7. The van der Waals surface area contributed by atoms with Crippen LogP contribution in [0, 0.1) is 0 Å². The summed E-state index contributed by atoms with van der Waals surface area (Å²) in [5, 5.41) is 17.7. The van der Waals surface area contributed by atoms with Gasteiger partial charge in [0.05, 0.1) is 18.8 Å². The normalized spacial score (nSPS) is 10.1. The molecule has 0 aliphatic carbocycles. The molecule has 0 heterocycles. The predicted molar refractivity (Wildman–Crippen MR) is 64.3 cm³/mol. The van der Waals surface area contributed by atoms with Crippen LogP contribution in [0.2, 0.25) is 0 Å². The van der Waals surface area contributed by atoms with Gasteiger partial charge in [-0.2, -0.15) is 0 Å². The van der Waals surface area contributed by atoms with Crippen LogP contribution in [0.1, 0.15) is 34.8 Å². The molecule has 0 atom stereocenters. The number of hydrogen-bond donors (Lipinski definition) is 2. The number of carbonyl (C=O) groups excluding carboxylic acids is 1. The second kappa shape index (κ2) is 6.76. The molecule has 0 saturated heterocycles. The standard InChI is InChI=1S/C13H16O5/c1-2-18-13(17)11-7-9(8-14)3-4-10(11)5-6-12(15)16/h3-4,7,14H,2,5-6,8H2,1H3,(H,15,16). The van der Waals surface area contributed by atoms with Crippen LogP contribution in [0.5, 0.6) is 0 Å². The van der Waals surface area contributed by atoms with Crippen LogP contribution in [0.25, 0.3) is 0 Å². The maximum absolute atomic E-state index is 11.7. The van der Waals surface area contributed by atoms with Gasteiger partial charge in [0.25, 0.3) is 0 Å². The van der Waals surface area contributed by atoms with Crippen molar-refractivity contribution in [3.63, 3.8) is 0 Å². The number of aliphatic carboxylic acids is 1. The monoisotopic (exact) mass is 252 g/mol. The Hall–Kier alpha value is -1.88. The Bertz CT molecular complexity index is 439. The first-order valence-electron chi connectivity index (χ1n) is 5.70. The van der Waals surface area contributed by atoms with Crippen molar-refractivity contribution >= 4 is 11.9 Å². The van der Waals surface area contributed by atoms with Crippen LogP contribution >= 0.6 is 0 Å². The number of aliphatic hydroxyl groups is 1. The van der Waals surface area contributed by atoms with Crippen LogP contribution in [-0.2, 0) is 22.6 Å². The molecule has 0 aromatic heterocycles. The van der Waals surface area contributed by atoms with E-state index in [1.807, 2.05) is 0 Å². The van der Waals surface area contributed by atoms with Gasteiger partial charge < -0.3 is 14.9 Å². The van der Waals surface area contributed by atoms with Gasteiger partial charge in [-0.3, -0.25) is 4.79 Å². The number of aryl methyl sites for hydroxylation is 1. The second-order valence-electron chi connectivity index (χ2n) is 3.76. The zero-order valence-corrected chi connectivity index (χ0v) is 10.2. The Kier molecular flexibility index (Phi) is 5.32. The number of carboxylic acids is 1. The molecule has 1 aromatic carbocycles. The minimum Gasteiger partial charge on any atom is -0.481 e. The topological polar surface area (TPSA) is 83.8 Å². The molecule has 0 radical (unpaired) electrons. The van der Waals surface area contributed by atoms with E-state index >= 15 is 0 Å². The van der Waals surface area contributed by atoms with Crippen molar-refractivity contribution in [3.05, 3.63) is 34.9 Å². The highest BCUT2D eigenvalue weighted by Crippen LogP contribution is 2.16. The van der Waals surface area contributed by atoms with Crippen molar-refractivity contribution in [2.24, 2.45) is 0 Å². The first-order valence-corrected chi connectivity index (χ1v) is 5.70. The number of aliphatic hydroxyl groups excluding tert-OH is 1. The molecule has 0 spiro atoms. The van der Waals surface area contributed by atoms with E-state index in [1.54, 1.807) is 19.1 Å². The van der Waals surface area contributed by atoms with Crippen LogP contribution in [-0.4, -0.2) is 28.8 Å². The van der Waals surface area contributed by atoms with Gasteiger partial charge in [0.2, 0.25) is 0 Å². The fraction of sp³-hybridized carbons (Fsp3) is 0.385. The third kappa shape index (κ3) is 3.85. The molecule has 0 unspecified atom stereocenters. The Morgan fingerprint density at radius 2 is 2.06 bits per heavy atom. The van der Waals surface area contributed by atoms with Gasteiger partial charge >= 0.3 is 11.9 Å². The molecular formula is C13H16O5. The summed E-state index contributed by atoms with van der Waals surface area (Å²) in [5.41, 5.74) is 1.54. The molecular weight excluding hydrogens is 236 g/mol. The van der Waals surface area contributed by atoms with Crippen LogP contribution < -0.4 is 0 Å². The van der Waals surface area contributed by atoms with Crippen LogP contribution in [0.4, 0.5) is 0 Å². The van der Waals surface area contributed by atoms with Crippen molar-refractivity contribution in [2.75, 3.05) is 6.61 Å². The molecule has 0 bridgehead atoms. The Morgan fingerprint density at radius 3 is 2.61 bits per heavy atom. The van der Waals surface area contributed by atoms with Gasteiger partial charge in [0.1, 0.15) is 0 Å². The zero-order chi connectivity index (χ0) is 13.5. The molecule has 1 aromatic rings. The van der Waals surface area contributed by atoms with Crippen molar-refractivity contribution in [2.45, 2.75) is 26.4 Å². The molecule has 98 valence electrons. The Balaban J connectivity index is 2.99. The molecule has 5 nitrogen and oxygen atoms in total. The molecule has 0 aliphatic rings. The fourth-order valence-electron chi connectivity index (χ4n) is 1.58. The van der Waals surface area contributed by atoms with Gasteiger partial charge in [-0.15, -0.1) is 0 Å². The smallest absolute Gasteiger partial charge is 0.338 e. The maximum Gasteiger partial charge on any atom is 0.338 e. The largest absolute Gasteiger partial charge is 0.481 e. The number of carboxylic acid groups (broad SMARTS) is 1. The van der Waals surface area contributed by atoms with Gasteiger partial charge in [-0.25, -0.2) is 4.79 Å². The van der Waals surface area contributed by atoms with Crippen molar-refractivity contribution in [1.29, 1.82) is 0 Å². The molecule has 2 N–H and O–H groups in total. The molecule has 0 fully saturated rings. The highest BCUT2D eigenvalue weighted by molar-refractivity contribution is 5.91. The Morgan fingerprint density at radius 1 is 1.33 bits per heavy atom. The average Bonchev–Trinajstić information content (AvgIpc) is 2.36. The average molecular weight is 252 g/mol. The number of benzene rings is 1. The van der Waals surface area contributed by atoms with Gasteiger partial charge in [-0.1, -0.05) is 12.1 Å². The third-order valence-electron chi connectivity index (χ3n) is 2.46. The SMILES string of the molecule is CCOC(=O)c1cc(CO)ccc1CCC(=O)O. The number of ether oxygens (including phenoxy) is 1. The third-order valence-corrected chi connectivity index (χ3v) is 2.46. The first kappa shape index (κ1) is 14.2. The van der Waals surface area contributed by atoms with Crippen molar-refractivity contribution < 1.29 is 24.5 Å². The summed E-state index contributed by atoms with van der Waals surface area (Å²) < 4.78 is 4.91. The summed E-state index contributed by atoms with van der Waals surface area (Å²) >= 11 is 0. The summed E-state index contributed by atoms with van der Waals surface area (Å²) in [5.74, 6) is -1.41. The summed E-state index contributed by atoms with van der Waals surface area (Å²) in [6.45, 7) is 1.77. The Labute approximate surface area is 105 Å². The lowest BCUT2D eigenvalue weighted by atomic mass is 10.0. The van der Waals surface area contributed by atoms with Crippen LogP contribution in [0.15, 0.2) is 18.2 Å². The second-order valence-corrected chi connectivity index (χ2v) is 3.76. The summed E-state index contributed by atoms with van der Waals surface area (Å²) in [6, 6.07) is 4.86. The number of carbonyl (C=O) groups is 2. The van der Waals surface area contributed by atoms with E-state index in [-0.39, 0.29) is 26.1 Å². The molecule has 18 heavy (non-hydrogen) atoms. The van der Waals surface area contributed by atoms with E-state index < -0.39 is 11.9 Å². The molecule has 0 aliphatic heterocycles. The van der Waals surface area contributed by atoms with E-state index in [4.69, 9.17) is 14.9 Å². The lowest BCUT2D eigenvalue weighted by Gasteiger charge is -2.09. The van der Waals surface area contributed by atoms with E-state index in [2.05, 4.69) is 0 Å². The first-order chi connectivity index (χ1) is 8.58. The summed E-state index contributed by atoms with van der Waals surface area (Å²) in [7, 11) is 0. The summed E-state index contributed by atoms with van der Waals surface area (Å²) in [6.07, 6.45) is 0.208. The zero-order valence-electron chi connectivity index (χ0n) is 10.2. The minimum absolute atomic E-state index is 0.0507. The summed E-state index contributed by atoms with van der Waals surface area (Å²) in [4.78, 5) is 22.3. The highest BCUT2D eigenvalue weighted by Gasteiger charge is 2.14. The number of hydrogen-bond acceptors (Lipinski definition) is 4. The van der Waals surface area contributed by atoms with E-state index in [0.29, 0.717) is 16.7 Å². The molecule has 0 amide bonds. The lowest BCUT2D eigenvalue weighted by Crippen LogP contribution is -2.10. The molecule has 1 rings (SSSR count). The van der Waals surface area contributed by atoms with E-state index in [0.717, 1.165) is 0 Å². The number of rotatable bonds is 6. The van der Waals surface area contributed by atoms with E-state index in [9.17, 15) is 9.59 Å². The predicted octanol–water partition coefficient (Wildman–Crippen LogP) is 1.37. The van der Waals surface area contributed by atoms with Crippen LogP contribution in [0.3, 0.4) is 0 Å². The van der Waals surface area contributed by atoms with Gasteiger partial charge in [-0.05, 0) is 30.5 Å². The molecule has 0 saturated carbocycles. The van der Waals surface area contributed by atoms with Crippen molar-refractivity contribution in [3.8, 4) is 0 Å². The minimum atomic E-state index is -0.920. The highest BCUT2D eigenvalue weighted by atomic mass is 16.5. The number of esters is 1. The molecule has 5 heteroatoms.